The maximum atomic E-state index is 13.9. The predicted molar refractivity (Wildman–Crippen MR) is 124 cm³/mol. The van der Waals surface area contributed by atoms with Crippen molar-refractivity contribution in [1.29, 1.82) is 0 Å². The minimum Gasteiger partial charge on any atom is -0.364 e. The highest BCUT2D eigenvalue weighted by molar-refractivity contribution is 6.03. The summed E-state index contributed by atoms with van der Waals surface area (Å²) in [5.74, 6) is -3.57. The summed E-state index contributed by atoms with van der Waals surface area (Å²) in [6.45, 7) is 8.16. The monoisotopic (exact) mass is 454 g/mol. The molecule has 3 aromatic heterocycles. The summed E-state index contributed by atoms with van der Waals surface area (Å²) < 4.78 is 27.7. The molecule has 1 aliphatic carbocycles. The Morgan fingerprint density at radius 1 is 1.21 bits per heavy atom. The van der Waals surface area contributed by atoms with Crippen molar-refractivity contribution in [1.82, 2.24) is 15.0 Å². The number of fused-ring (bicyclic) bond motifs is 1. The van der Waals surface area contributed by atoms with Crippen LogP contribution in [-0.2, 0) is 5.41 Å². The number of pyridine rings is 3. The van der Waals surface area contributed by atoms with E-state index in [9.17, 15) is 18.4 Å². The van der Waals surface area contributed by atoms with Gasteiger partial charge in [0, 0.05) is 47.7 Å². The standard InChI is InChI=1S/C25H28F2N4O2/c1-13-11-15(17-12-18(32)19-16(30-17)7-10-29-21(19)23(28)33)20(31-22(13)24(2,3)4)14-5-8-25(26,27)9-6-14/h7,10-12,14H,5-6,8-9H2,1-4H3,(H2,28,33)(H,30,32). The number of nitrogens with one attached hydrogen (secondary N) is 1. The van der Waals surface area contributed by atoms with Crippen molar-refractivity contribution in [3.63, 3.8) is 0 Å². The topological polar surface area (TPSA) is 102 Å². The number of amides is 1. The number of aromatic amines is 1. The first kappa shape index (κ1) is 23.0. The molecule has 0 aromatic carbocycles. The van der Waals surface area contributed by atoms with Crippen LogP contribution in [0, 0.1) is 6.92 Å². The second kappa shape index (κ2) is 8.01. The first-order valence-corrected chi connectivity index (χ1v) is 11.1. The number of alkyl halides is 2. The fraction of sp³-hybridized carbons (Fsp3) is 0.440. The molecule has 3 N–H and O–H groups in total. The number of carbonyl (C=O) groups is 1. The van der Waals surface area contributed by atoms with Crippen molar-refractivity contribution in [2.24, 2.45) is 5.73 Å². The van der Waals surface area contributed by atoms with Gasteiger partial charge in [0.2, 0.25) is 5.92 Å². The average Bonchev–Trinajstić information content (AvgIpc) is 2.72. The van der Waals surface area contributed by atoms with Gasteiger partial charge in [0.05, 0.1) is 22.3 Å². The first-order chi connectivity index (χ1) is 15.4. The molecular formula is C25H28F2N4O2. The van der Waals surface area contributed by atoms with Crippen molar-refractivity contribution in [2.75, 3.05) is 0 Å². The molecule has 0 unspecified atom stereocenters. The lowest BCUT2D eigenvalue weighted by atomic mass is 9.80. The molecule has 33 heavy (non-hydrogen) atoms. The Hall–Kier alpha value is -3.16. The van der Waals surface area contributed by atoms with Crippen LogP contribution in [0.25, 0.3) is 22.2 Å². The minimum atomic E-state index is -2.65. The number of primary amides is 1. The third-order valence-electron chi connectivity index (χ3n) is 6.32. The Balaban J connectivity index is 1.93. The molecule has 0 atom stereocenters. The molecule has 3 aromatic rings. The molecule has 1 aliphatic rings. The highest BCUT2D eigenvalue weighted by Crippen LogP contribution is 2.43. The van der Waals surface area contributed by atoms with E-state index in [0.29, 0.717) is 29.6 Å². The Morgan fingerprint density at radius 3 is 2.48 bits per heavy atom. The van der Waals surface area contributed by atoms with E-state index in [1.54, 1.807) is 6.07 Å². The number of aromatic nitrogens is 3. The number of nitrogens with two attached hydrogens (primary N) is 1. The molecule has 6 nitrogen and oxygen atoms in total. The summed E-state index contributed by atoms with van der Waals surface area (Å²) in [5, 5.41) is 0.128. The van der Waals surface area contributed by atoms with Gasteiger partial charge in [-0.05, 0) is 37.5 Å². The highest BCUT2D eigenvalue weighted by atomic mass is 19.3. The summed E-state index contributed by atoms with van der Waals surface area (Å²) in [6.07, 6.45) is 1.71. The van der Waals surface area contributed by atoms with Crippen molar-refractivity contribution < 1.29 is 13.6 Å². The summed E-state index contributed by atoms with van der Waals surface area (Å²) in [7, 11) is 0. The number of H-pyrrole nitrogens is 1. The maximum absolute atomic E-state index is 13.9. The molecule has 0 radical (unpaired) electrons. The molecule has 4 rings (SSSR count). The van der Waals surface area contributed by atoms with Crippen LogP contribution in [0.2, 0.25) is 0 Å². The molecule has 0 bridgehead atoms. The molecule has 3 heterocycles. The second-order valence-corrected chi connectivity index (χ2v) is 9.96. The lowest BCUT2D eigenvalue weighted by Gasteiger charge is -2.31. The van der Waals surface area contributed by atoms with E-state index in [1.807, 2.05) is 13.0 Å². The lowest BCUT2D eigenvalue weighted by Crippen LogP contribution is -2.25. The van der Waals surface area contributed by atoms with Gasteiger partial charge >= 0.3 is 0 Å². The van der Waals surface area contributed by atoms with E-state index in [4.69, 9.17) is 10.7 Å². The van der Waals surface area contributed by atoms with E-state index < -0.39 is 11.8 Å². The Bertz CT molecular complexity index is 1300. The fourth-order valence-corrected chi connectivity index (χ4v) is 4.76. The van der Waals surface area contributed by atoms with Gasteiger partial charge in [0.25, 0.3) is 5.91 Å². The largest absolute Gasteiger partial charge is 0.364 e. The van der Waals surface area contributed by atoms with Gasteiger partial charge in [-0.25, -0.2) is 8.78 Å². The lowest BCUT2D eigenvalue weighted by molar-refractivity contribution is -0.0384. The van der Waals surface area contributed by atoms with E-state index in [2.05, 4.69) is 30.7 Å². The number of nitrogens with zero attached hydrogens (tertiary/aromatic N) is 2. The SMILES string of the molecule is Cc1cc(-c2cc(=O)c3c(C(N)=O)nccc3[nH]2)c(C2CCC(F)(F)CC2)nc1C(C)(C)C. The van der Waals surface area contributed by atoms with Crippen LogP contribution >= 0.6 is 0 Å². The van der Waals surface area contributed by atoms with Crippen molar-refractivity contribution >= 4 is 16.8 Å². The fourth-order valence-electron chi connectivity index (χ4n) is 4.76. The van der Waals surface area contributed by atoms with Crippen molar-refractivity contribution in [3.05, 3.63) is 57.3 Å². The van der Waals surface area contributed by atoms with Crippen LogP contribution in [0.3, 0.4) is 0 Å². The maximum Gasteiger partial charge on any atom is 0.268 e. The molecular weight excluding hydrogens is 426 g/mol. The predicted octanol–water partition coefficient (Wildman–Crippen LogP) is 4.98. The number of halogens is 2. The molecule has 0 aliphatic heterocycles. The van der Waals surface area contributed by atoms with Crippen LogP contribution in [0.1, 0.15) is 79.8 Å². The summed E-state index contributed by atoms with van der Waals surface area (Å²) in [4.78, 5) is 36.9. The summed E-state index contributed by atoms with van der Waals surface area (Å²) >= 11 is 0. The van der Waals surface area contributed by atoms with Gasteiger partial charge in [-0.3, -0.25) is 19.6 Å². The number of aryl methyl sites for hydroxylation is 1. The quantitative estimate of drug-likeness (QED) is 0.582. The van der Waals surface area contributed by atoms with Gasteiger partial charge in [0.15, 0.2) is 5.43 Å². The van der Waals surface area contributed by atoms with E-state index in [0.717, 1.165) is 17.0 Å². The molecule has 174 valence electrons. The Morgan fingerprint density at radius 2 is 1.88 bits per heavy atom. The van der Waals surface area contributed by atoms with E-state index >= 15 is 0 Å². The van der Waals surface area contributed by atoms with E-state index in [-0.39, 0.29) is 40.7 Å². The molecule has 0 spiro atoms. The van der Waals surface area contributed by atoms with Crippen LogP contribution < -0.4 is 11.2 Å². The number of hydrogen-bond donors (Lipinski definition) is 2. The van der Waals surface area contributed by atoms with Crippen molar-refractivity contribution in [2.45, 2.75) is 70.6 Å². The second-order valence-electron chi connectivity index (χ2n) is 9.96. The Labute approximate surface area is 190 Å². The smallest absolute Gasteiger partial charge is 0.268 e. The first-order valence-electron chi connectivity index (χ1n) is 11.1. The minimum absolute atomic E-state index is 0.0904. The van der Waals surface area contributed by atoms with Gasteiger partial charge in [-0.15, -0.1) is 0 Å². The highest BCUT2D eigenvalue weighted by Gasteiger charge is 2.37. The van der Waals surface area contributed by atoms with Crippen LogP contribution in [-0.4, -0.2) is 26.8 Å². The zero-order valence-corrected chi connectivity index (χ0v) is 19.3. The molecule has 1 amide bonds. The summed E-state index contributed by atoms with van der Waals surface area (Å²) in [5.41, 5.74) is 8.94. The summed E-state index contributed by atoms with van der Waals surface area (Å²) in [6, 6.07) is 4.99. The molecule has 1 fully saturated rings. The zero-order chi connectivity index (χ0) is 24.1. The van der Waals surface area contributed by atoms with Gasteiger partial charge in [-0.2, -0.15) is 0 Å². The van der Waals surface area contributed by atoms with Gasteiger partial charge in [0.1, 0.15) is 5.69 Å². The Kier molecular flexibility index (Phi) is 5.58. The molecule has 1 saturated carbocycles. The van der Waals surface area contributed by atoms with Crippen LogP contribution in [0.5, 0.6) is 0 Å². The third kappa shape index (κ3) is 4.38. The van der Waals surface area contributed by atoms with E-state index in [1.165, 1.54) is 12.3 Å². The van der Waals surface area contributed by atoms with Gasteiger partial charge in [-0.1, -0.05) is 20.8 Å². The number of carbonyl (C=O) groups excluding carboxylic acids is 1. The van der Waals surface area contributed by atoms with Crippen molar-refractivity contribution in [3.8, 4) is 11.3 Å². The normalized spacial score (nSPS) is 16.8. The molecule has 8 heteroatoms. The number of hydrogen-bond acceptors (Lipinski definition) is 4. The third-order valence-corrected chi connectivity index (χ3v) is 6.32. The van der Waals surface area contributed by atoms with Crippen LogP contribution in [0.4, 0.5) is 8.78 Å². The zero-order valence-electron chi connectivity index (χ0n) is 19.3. The van der Waals surface area contributed by atoms with Crippen LogP contribution in [0.15, 0.2) is 29.2 Å². The van der Waals surface area contributed by atoms with Gasteiger partial charge < -0.3 is 10.7 Å². The molecule has 0 saturated heterocycles. The number of rotatable bonds is 3. The average molecular weight is 455 g/mol.